The molecule has 0 aromatic carbocycles. The Labute approximate surface area is 86.3 Å². The molecule has 2 atom stereocenters. The third-order valence-corrected chi connectivity index (χ3v) is 3.30. The van der Waals surface area contributed by atoms with E-state index in [1.54, 1.807) is 0 Å². The van der Waals surface area contributed by atoms with Gasteiger partial charge in [-0.15, -0.1) is 0 Å². The Morgan fingerprint density at radius 2 is 2.14 bits per heavy atom. The number of hydrogen-bond acceptors (Lipinski definition) is 3. The van der Waals surface area contributed by atoms with Crippen LogP contribution < -0.4 is 10.6 Å². The predicted molar refractivity (Wildman–Crippen MR) is 57.3 cm³/mol. The summed E-state index contributed by atoms with van der Waals surface area (Å²) < 4.78 is 0. The monoisotopic (exact) mass is 198 g/mol. The second kappa shape index (κ2) is 5.10. The summed E-state index contributed by atoms with van der Waals surface area (Å²) in [5.74, 6) is 0. The number of piperidine rings is 1. The lowest BCUT2D eigenvalue weighted by molar-refractivity contribution is 0.227. The molecule has 0 amide bonds. The smallest absolute Gasteiger partial charge is 0.0446 e. The Morgan fingerprint density at radius 3 is 2.71 bits per heavy atom. The van der Waals surface area contributed by atoms with Crippen molar-refractivity contribution in [3.63, 3.8) is 0 Å². The normalized spacial score (nSPS) is 30.2. The quantitative estimate of drug-likeness (QED) is 0.607. The highest BCUT2D eigenvalue weighted by Gasteiger charge is 2.29. The van der Waals surface area contributed by atoms with Crippen LogP contribution in [0.3, 0.4) is 0 Å². The predicted octanol–water partition coefficient (Wildman–Crippen LogP) is 0.631. The SMILES string of the molecule is OCC[C@H](NC1CC1)[C@@H]1CCCCN1. The van der Waals surface area contributed by atoms with Gasteiger partial charge in [0.1, 0.15) is 0 Å². The summed E-state index contributed by atoms with van der Waals surface area (Å²) in [7, 11) is 0. The molecule has 0 unspecified atom stereocenters. The Morgan fingerprint density at radius 1 is 1.29 bits per heavy atom. The molecule has 3 nitrogen and oxygen atoms in total. The van der Waals surface area contributed by atoms with Crippen LogP contribution in [0.1, 0.15) is 38.5 Å². The number of nitrogens with one attached hydrogen (secondary N) is 2. The first kappa shape index (κ1) is 10.4. The van der Waals surface area contributed by atoms with Crippen LogP contribution in [0.4, 0.5) is 0 Å². The first-order chi connectivity index (χ1) is 6.90. The van der Waals surface area contributed by atoms with E-state index in [1.165, 1.54) is 32.1 Å². The number of hydrogen-bond donors (Lipinski definition) is 3. The van der Waals surface area contributed by atoms with Gasteiger partial charge in [-0.05, 0) is 38.6 Å². The van der Waals surface area contributed by atoms with Crippen molar-refractivity contribution in [2.45, 2.75) is 56.7 Å². The van der Waals surface area contributed by atoms with Crippen molar-refractivity contribution in [3.05, 3.63) is 0 Å². The van der Waals surface area contributed by atoms with Crippen molar-refractivity contribution in [1.29, 1.82) is 0 Å². The summed E-state index contributed by atoms with van der Waals surface area (Å²) in [5.41, 5.74) is 0. The summed E-state index contributed by atoms with van der Waals surface area (Å²) in [4.78, 5) is 0. The zero-order valence-corrected chi connectivity index (χ0v) is 8.84. The summed E-state index contributed by atoms with van der Waals surface area (Å²) in [5, 5.41) is 16.2. The molecule has 1 saturated carbocycles. The highest BCUT2D eigenvalue weighted by molar-refractivity contribution is 4.91. The van der Waals surface area contributed by atoms with E-state index in [1.807, 2.05) is 0 Å². The van der Waals surface area contributed by atoms with E-state index in [0.29, 0.717) is 18.7 Å². The fourth-order valence-corrected chi connectivity index (χ4v) is 2.31. The molecule has 14 heavy (non-hydrogen) atoms. The van der Waals surface area contributed by atoms with Crippen LogP contribution in [0.2, 0.25) is 0 Å². The van der Waals surface area contributed by atoms with Gasteiger partial charge >= 0.3 is 0 Å². The largest absolute Gasteiger partial charge is 0.396 e. The molecule has 0 radical (unpaired) electrons. The molecule has 1 heterocycles. The van der Waals surface area contributed by atoms with Crippen LogP contribution in [0, 0.1) is 0 Å². The van der Waals surface area contributed by atoms with Crippen molar-refractivity contribution in [2.24, 2.45) is 0 Å². The van der Waals surface area contributed by atoms with Gasteiger partial charge in [-0.1, -0.05) is 6.42 Å². The van der Waals surface area contributed by atoms with Crippen molar-refractivity contribution >= 4 is 0 Å². The van der Waals surface area contributed by atoms with E-state index in [2.05, 4.69) is 10.6 Å². The summed E-state index contributed by atoms with van der Waals surface area (Å²) in [6.07, 6.45) is 7.47. The van der Waals surface area contributed by atoms with E-state index >= 15 is 0 Å². The van der Waals surface area contributed by atoms with Gasteiger partial charge < -0.3 is 15.7 Å². The lowest BCUT2D eigenvalue weighted by Crippen LogP contribution is -2.51. The second-order valence-corrected chi connectivity index (χ2v) is 4.62. The van der Waals surface area contributed by atoms with Crippen molar-refractivity contribution in [2.75, 3.05) is 13.2 Å². The molecule has 3 N–H and O–H groups in total. The zero-order chi connectivity index (χ0) is 9.80. The molecule has 2 aliphatic rings. The standard InChI is InChI=1S/C11H22N2O/c14-8-6-11(13-9-4-5-9)10-3-1-2-7-12-10/h9-14H,1-8H2/t10-,11-/m0/s1. The molecule has 1 saturated heterocycles. The van der Waals surface area contributed by atoms with Gasteiger partial charge in [0.25, 0.3) is 0 Å². The highest BCUT2D eigenvalue weighted by atomic mass is 16.3. The van der Waals surface area contributed by atoms with Gasteiger partial charge in [0, 0.05) is 24.7 Å². The maximum absolute atomic E-state index is 9.03. The molecule has 0 bridgehead atoms. The molecule has 2 fully saturated rings. The zero-order valence-electron chi connectivity index (χ0n) is 8.84. The Kier molecular flexibility index (Phi) is 3.79. The van der Waals surface area contributed by atoms with Crippen LogP contribution in [0.25, 0.3) is 0 Å². The fourth-order valence-electron chi connectivity index (χ4n) is 2.31. The first-order valence-corrected chi connectivity index (χ1v) is 6.00. The van der Waals surface area contributed by atoms with Crippen LogP contribution >= 0.6 is 0 Å². The molecule has 0 aromatic rings. The number of rotatable bonds is 5. The fraction of sp³-hybridized carbons (Fsp3) is 1.00. The Bertz CT molecular complexity index is 165. The van der Waals surface area contributed by atoms with Crippen molar-refractivity contribution < 1.29 is 5.11 Å². The van der Waals surface area contributed by atoms with E-state index in [9.17, 15) is 0 Å². The van der Waals surface area contributed by atoms with E-state index in [-0.39, 0.29) is 0 Å². The van der Waals surface area contributed by atoms with Gasteiger partial charge in [0.15, 0.2) is 0 Å². The minimum absolute atomic E-state index is 0.308. The second-order valence-electron chi connectivity index (χ2n) is 4.62. The highest BCUT2D eigenvalue weighted by Crippen LogP contribution is 2.22. The average molecular weight is 198 g/mol. The van der Waals surface area contributed by atoms with Gasteiger partial charge in [-0.3, -0.25) is 0 Å². The molecular formula is C11H22N2O. The van der Waals surface area contributed by atoms with E-state index in [4.69, 9.17) is 5.11 Å². The molecule has 0 spiro atoms. The summed E-state index contributed by atoms with van der Waals surface area (Å²) in [6, 6.07) is 1.83. The summed E-state index contributed by atoms with van der Waals surface area (Å²) >= 11 is 0. The van der Waals surface area contributed by atoms with Crippen LogP contribution in [0.5, 0.6) is 0 Å². The van der Waals surface area contributed by atoms with Gasteiger partial charge in [0.2, 0.25) is 0 Å². The van der Waals surface area contributed by atoms with E-state index < -0.39 is 0 Å². The molecular weight excluding hydrogens is 176 g/mol. The molecule has 1 aliphatic carbocycles. The molecule has 0 aromatic heterocycles. The maximum Gasteiger partial charge on any atom is 0.0446 e. The van der Waals surface area contributed by atoms with Crippen molar-refractivity contribution in [1.82, 2.24) is 10.6 Å². The third-order valence-electron chi connectivity index (χ3n) is 3.30. The first-order valence-electron chi connectivity index (χ1n) is 6.00. The molecule has 82 valence electrons. The lowest BCUT2D eigenvalue weighted by atomic mass is 9.96. The van der Waals surface area contributed by atoms with Gasteiger partial charge in [0.05, 0.1) is 0 Å². The minimum Gasteiger partial charge on any atom is -0.396 e. The van der Waals surface area contributed by atoms with Gasteiger partial charge in [-0.2, -0.15) is 0 Å². The Balaban J connectivity index is 1.79. The average Bonchev–Trinajstić information content (AvgIpc) is 3.03. The van der Waals surface area contributed by atoms with E-state index in [0.717, 1.165) is 19.0 Å². The third kappa shape index (κ3) is 2.94. The topological polar surface area (TPSA) is 44.3 Å². The number of aliphatic hydroxyl groups is 1. The molecule has 1 aliphatic heterocycles. The van der Waals surface area contributed by atoms with Crippen LogP contribution in [-0.4, -0.2) is 36.4 Å². The van der Waals surface area contributed by atoms with Crippen molar-refractivity contribution in [3.8, 4) is 0 Å². The van der Waals surface area contributed by atoms with Gasteiger partial charge in [-0.25, -0.2) is 0 Å². The van der Waals surface area contributed by atoms with Crippen LogP contribution in [-0.2, 0) is 0 Å². The van der Waals surface area contributed by atoms with Crippen LogP contribution in [0.15, 0.2) is 0 Å². The molecule has 2 rings (SSSR count). The lowest BCUT2D eigenvalue weighted by Gasteiger charge is -2.32. The Hall–Kier alpha value is -0.120. The molecule has 3 heteroatoms. The minimum atomic E-state index is 0.308. The maximum atomic E-state index is 9.03. The summed E-state index contributed by atoms with van der Waals surface area (Å²) in [6.45, 7) is 1.46. The number of aliphatic hydroxyl groups excluding tert-OH is 1.